The lowest BCUT2D eigenvalue weighted by atomic mass is 10.4. The Bertz CT molecular complexity index is 1140. The second kappa shape index (κ2) is 5.36. The van der Waals surface area contributed by atoms with Crippen LogP contribution < -0.4 is 10.9 Å². The Morgan fingerprint density at radius 2 is 2.25 bits per heavy atom. The van der Waals surface area contributed by atoms with Gasteiger partial charge in [0.25, 0.3) is 5.56 Å². The second-order valence-corrected chi connectivity index (χ2v) is 6.19. The summed E-state index contributed by atoms with van der Waals surface area (Å²) in [6.07, 6.45) is 5.28. The van der Waals surface area contributed by atoms with Crippen LogP contribution in [0, 0.1) is 11.3 Å². The number of thiophene rings is 1. The highest BCUT2D eigenvalue weighted by atomic mass is 32.1. The molecule has 0 saturated heterocycles. The average molecular weight is 337 g/mol. The fourth-order valence-corrected chi connectivity index (χ4v) is 3.14. The van der Waals surface area contributed by atoms with Crippen molar-refractivity contribution in [2.45, 2.75) is 0 Å². The summed E-state index contributed by atoms with van der Waals surface area (Å²) < 4.78 is 3.42. The molecule has 0 saturated carbocycles. The van der Waals surface area contributed by atoms with Crippen LogP contribution in [0.1, 0.15) is 4.88 Å². The van der Waals surface area contributed by atoms with Crippen molar-refractivity contribution in [3.8, 4) is 11.8 Å². The minimum Gasteiger partial charge on any atom is -0.317 e. The number of anilines is 2. The van der Waals surface area contributed by atoms with E-state index in [0.29, 0.717) is 21.9 Å². The molecular weight excluding hydrogens is 326 g/mol. The van der Waals surface area contributed by atoms with Crippen LogP contribution in [-0.2, 0) is 7.05 Å². The van der Waals surface area contributed by atoms with E-state index in [4.69, 9.17) is 5.26 Å². The molecule has 4 heterocycles. The highest BCUT2D eigenvalue weighted by Gasteiger charge is 2.12. The summed E-state index contributed by atoms with van der Waals surface area (Å²) in [7, 11) is 1.82. The van der Waals surface area contributed by atoms with Crippen molar-refractivity contribution in [1.82, 2.24) is 24.3 Å². The number of aromatic nitrogens is 5. The van der Waals surface area contributed by atoms with Crippen LogP contribution in [0.5, 0.6) is 0 Å². The number of H-pyrrole nitrogens is 1. The minimum absolute atomic E-state index is 0.256. The maximum absolute atomic E-state index is 12.5. The van der Waals surface area contributed by atoms with Gasteiger partial charge in [0, 0.05) is 19.4 Å². The highest BCUT2D eigenvalue weighted by Crippen LogP contribution is 2.24. The van der Waals surface area contributed by atoms with Gasteiger partial charge < -0.3 is 9.88 Å². The van der Waals surface area contributed by atoms with Crippen LogP contribution in [0.15, 0.2) is 41.6 Å². The molecule has 0 fully saturated rings. The number of hydrogen-bond donors (Lipinski definition) is 2. The zero-order valence-electron chi connectivity index (χ0n) is 12.5. The Balaban J connectivity index is 1.76. The monoisotopic (exact) mass is 337 g/mol. The molecule has 2 N–H and O–H groups in total. The molecule has 9 heteroatoms. The molecule has 0 aliphatic heterocycles. The number of nitriles is 1. The predicted octanol–water partition coefficient (Wildman–Crippen LogP) is 2.12. The SMILES string of the molecule is Cn1cc(-n2ccc3nc(Nc4ccc(C#N)s4)[nH]c(=O)c32)cn1. The fourth-order valence-electron chi connectivity index (χ4n) is 2.44. The molecule has 0 aliphatic carbocycles. The summed E-state index contributed by atoms with van der Waals surface area (Å²) in [6, 6.07) is 7.33. The molecule has 4 rings (SSSR count). The van der Waals surface area contributed by atoms with Gasteiger partial charge in [-0.05, 0) is 18.2 Å². The number of rotatable bonds is 3. The van der Waals surface area contributed by atoms with Gasteiger partial charge in [0.05, 0.1) is 22.4 Å². The number of hydrogen-bond acceptors (Lipinski definition) is 6. The van der Waals surface area contributed by atoms with E-state index < -0.39 is 0 Å². The van der Waals surface area contributed by atoms with Crippen molar-refractivity contribution in [2.75, 3.05) is 5.32 Å². The van der Waals surface area contributed by atoms with Gasteiger partial charge >= 0.3 is 0 Å². The van der Waals surface area contributed by atoms with Crippen LogP contribution in [-0.4, -0.2) is 24.3 Å². The molecule has 0 aromatic carbocycles. The summed E-state index contributed by atoms with van der Waals surface area (Å²) in [5, 5.41) is 16.7. The van der Waals surface area contributed by atoms with Gasteiger partial charge in [0.15, 0.2) is 0 Å². The summed E-state index contributed by atoms with van der Waals surface area (Å²) in [5.74, 6) is 0.336. The van der Waals surface area contributed by atoms with E-state index in [1.54, 1.807) is 39.8 Å². The van der Waals surface area contributed by atoms with E-state index in [2.05, 4.69) is 26.5 Å². The Labute approximate surface area is 139 Å². The van der Waals surface area contributed by atoms with Crippen LogP contribution in [0.2, 0.25) is 0 Å². The first-order chi connectivity index (χ1) is 11.6. The van der Waals surface area contributed by atoms with Gasteiger partial charge in [-0.1, -0.05) is 0 Å². The zero-order valence-corrected chi connectivity index (χ0v) is 13.3. The van der Waals surface area contributed by atoms with Crippen molar-refractivity contribution < 1.29 is 0 Å². The van der Waals surface area contributed by atoms with Gasteiger partial charge in [0.2, 0.25) is 5.95 Å². The van der Waals surface area contributed by atoms with E-state index in [1.807, 2.05) is 13.2 Å². The zero-order chi connectivity index (χ0) is 16.7. The number of aryl methyl sites for hydroxylation is 1. The molecule has 0 spiro atoms. The third kappa shape index (κ3) is 2.35. The lowest BCUT2D eigenvalue weighted by molar-refractivity contribution is 0.767. The van der Waals surface area contributed by atoms with E-state index in [1.165, 1.54) is 11.3 Å². The molecule has 24 heavy (non-hydrogen) atoms. The third-order valence-corrected chi connectivity index (χ3v) is 4.38. The number of nitrogens with zero attached hydrogens (tertiary/aromatic N) is 5. The van der Waals surface area contributed by atoms with Gasteiger partial charge in [-0.25, -0.2) is 4.98 Å². The quantitative estimate of drug-likeness (QED) is 0.596. The Morgan fingerprint density at radius 3 is 2.96 bits per heavy atom. The van der Waals surface area contributed by atoms with Crippen molar-refractivity contribution in [3.63, 3.8) is 0 Å². The smallest absolute Gasteiger partial charge is 0.277 e. The van der Waals surface area contributed by atoms with Crippen molar-refractivity contribution in [3.05, 3.63) is 52.0 Å². The molecule has 0 radical (unpaired) electrons. The largest absolute Gasteiger partial charge is 0.317 e. The molecular formula is C15H11N7OS. The van der Waals surface area contributed by atoms with Crippen molar-refractivity contribution in [2.24, 2.45) is 7.05 Å². The van der Waals surface area contributed by atoms with Crippen molar-refractivity contribution >= 4 is 33.3 Å². The van der Waals surface area contributed by atoms with Crippen LogP contribution in [0.4, 0.5) is 10.9 Å². The maximum Gasteiger partial charge on any atom is 0.277 e. The summed E-state index contributed by atoms with van der Waals surface area (Å²) >= 11 is 1.29. The molecule has 118 valence electrons. The molecule has 0 amide bonds. The average Bonchev–Trinajstić information content (AvgIpc) is 3.26. The van der Waals surface area contributed by atoms with Gasteiger partial charge in [-0.15, -0.1) is 11.3 Å². The van der Waals surface area contributed by atoms with E-state index >= 15 is 0 Å². The first-order valence-corrected chi connectivity index (χ1v) is 7.83. The number of aromatic amines is 1. The van der Waals surface area contributed by atoms with E-state index in [9.17, 15) is 4.79 Å². The number of nitrogens with one attached hydrogen (secondary N) is 2. The van der Waals surface area contributed by atoms with Crippen LogP contribution in [0.3, 0.4) is 0 Å². The topological polar surface area (TPSA) is 104 Å². The Hall–Kier alpha value is -3.38. The van der Waals surface area contributed by atoms with E-state index in [-0.39, 0.29) is 5.56 Å². The normalized spacial score (nSPS) is 10.8. The fraction of sp³-hybridized carbons (Fsp3) is 0.0667. The van der Waals surface area contributed by atoms with Gasteiger partial charge in [-0.3, -0.25) is 14.5 Å². The summed E-state index contributed by atoms with van der Waals surface area (Å²) in [5.41, 5.74) is 1.56. The standard InChI is InChI=1S/C15H11N7OS/c1-21-8-9(7-17-21)22-5-4-11-13(22)14(23)20-15(18-11)19-12-3-2-10(6-16)24-12/h2-5,7-8H,1H3,(H2,18,19,20,23). The lowest BCUT2D eigenvalue weighted by Crippen LogP contribution is -2.13. The summed E-state index contributed by atoms with van der Waals surface area (Å²) in [4.78, 5) is 20.2. The molecule has 8 nitrogen and oxygen atoms in total. The van der Waals surface area contributed by atoms with Gasteiger partial charge in [-0.2, -0.15) is 10.4 Å². The predicted molar refractivity (Wildman–Crippen MR) is 90.8 cm³/mol. The first-order valence-electron chi connectivity index (χ1n) is 7.01. The minimum atomic E-state index is -0.256. The molecule has 0 bridgehead atoms. The van der Waals surface area contributed by atoms with Crippen LogP contribution >= 0.6 is 11.3 Å². The maximum atomic E-state index is 12.5. The first kappa shape index (κ1) is 14.2. The van der Waals surface area contributed by atoms with Gasteiger partial charge in [0.1, 0.15) is 16.5 Å². The van der Waals surface area contributed by atoms with Crippen molar-refractivity contribution in [1.29, 1.82) is 5.26 Å². The van der Waals surface area contributed by atoms with E-state index in [0.717, 1.165) is 10.7 Å². The highest BCUT2D eigenvalue weighted by molar-refractivity contribution is 7.16. The molecule has 0 aliphatic rings. The molecule has 4 aromatic rings. The Morgan fingerprint density at radius 1 is 1.38 bits per heavy atom. The molecule has 0 unspecified atom stereocenters. The molecule has 0 atom stereocenters. The number of fused-ring (bicyclic) bond motifs is 1. The Kier molecular flexibility index (Phi) is 3.18. The van der Waals surface area contributed by atoms with Crippen LogP contribution in [0.25, 0.3) is 16.7 Å². The second-order valence-electron chi connectivity index (χ2n) is 5.11. The third-order valence-electron chi connectivity index (χ3n) is 3.47. The molecule has 4 aromatic heterocycles. The summed E-state index contributed by atoms with van der Waals surface area (Å²) in [6.45, 7) is 0. The lowest BCUT2D eigenvalue weighted by Gasteiger charge is -2.04.